The van der Waals surface area contributed by atoms with Crippen molar-refractivity contribution in [3.8, 4) is 6.07 Å². The maximum absolute atomic E-state index is 13.3. The lowest BCUT2D eigenvalue weighted by atomic mass is 10.1. The third kappa shape index (κ3) is 3.68. The molecule has 0 atom stereocenters. The Morgan fingerprint density at radius 2 is 1.48 bits per heavy atom. The Balaban J connectivity index is 1.79. The molecule has 0 spiro atoms. The molecule has 3 aromatic carbocycles. The number of anilines is 1. The topological polar surface area (TPSA) is 61.2 Å². The second-order valence-corrected chi connectivity index (χ2v) is 7.75. The van der Waals surface area contributed by atoms with E-state index in [0.717, 1.165) is 9.80 Å². The highest BCUT2D eigenvalue weighted by atomic mass is 35.5. The highest BCUT2D eigenvalue weighted by molar-refractivity contribution is 8.04. The van der Waals surface area contributed by atoms with Gasteiger partial charge in [0.05, 0.1) is 27.8 Å². The number of halogens is 1. The quantitative estimate of drug-likeness (QED) is 0.542. The van der Waals surface area contributed by atoms with E-state index < -0.39 is 5.91 Å². The van der Waals surface area contributed by atoms with Gasteiger partial charge in [-0.25, -0.2) is 4.90 Å². The number of rotatable bonds is 4. The molecule has 4 nitrogen and oxygen atoms in total. The maximum Gasteiger partial charge on any atom is 0.272 e. The summed E-state index contributed by atoms with van der Waals surface area (Å²) in [5.74, 6) is -0.777. The second-order valence-electron chi connectivity index (χ2n) is 6.23. The van der Waals surface area contributed by atoms with E-state index in [-0.39, 0.29) is 5.91 Å². The maximum atomic E-state index is 13.3. The van der Waals surface area contributed by atoms with Crippen molar-refractivity contribution in [2.75, 3.05) is 4.90 Å². The Hall–Kier alpha value is -3.33. The molecule has 0 saturated carbocycles. The van der Waals surface area contributed by atoms with E-state index in [1.165, 1.54) is 11.8 Å². The molecule has 0 aromatic heterocycles. The van der Waals surface area contributed by atoms with Crippen LogP contribution < -0.4 is 4.90 Å². The van der Waals surface area contributed by atoms with Crippen molar-refractivity contribution >= 4 is 46.4 Å². The molecule has 3 aromatic rings. The minimum Gasteiger partial charge on any atom is -0.268 e. The smallest absolute Gasteiger partial charge is 0.268 e. The van der Waals surface area contributed by atoms with Crippen molar-refractivity contribution in [1.82, 2.24) is 0 Å². The fraction of sp³-hybridized carbons (Fsp3) is 0. The van der Waals surface area contributed by atoms with Crippen molar-refractivity contribution in [3.05, 3.63) is 99.9 Å². The summed E-state index contributed by atoms with van der Waals surface area (Å²) in [5.41, 5.74) is 1.93. The van der Waals surface area contributed by atoms with Gasteiger partial charge in [0.25, 0.3) is 11.8 Å². The molecule has 0 radical (unpaired) electrons. The first-order valence-electron chi connectivity index (χ1n) is 8.70. The summed E-state index contributed by atoms with van der Waals surface area (Å²) in [6.45, 7) is 0. The predicted molar refractivity (Wildman–Crippen MR) is 114 cm³/mol. The highest BCUT2D eigenvalue weighted by Gasteiger charge is 2.40. The van der Waals surface area contributed by atoms with E-state index in [1.807, 2.05) is 48.5 Å². The molecular formula is C23H13ClN2O2S. The summed E-state index contributed by atoms with van der Waals surface area (Å²) < 4.78 is 0. The number of hydrogen-bond acceptors (Lipinski definition) is 4. The Labute approximate surface area is 177 Å². The van der Waals surface area contributed by atoms with Crippen LogP contribution in [-0.2, 0) is 9.59 Å². The van der Waals surface area contributed by atoms with E-state index in [0.29, 0.717) is 32.3 Å². The minimum absolute atomic E-state index is 0.355. The van der Waals surface area contributed by atoms with E-state index in [4.69, 9.17) is 16.9 Å². The summed E-state index contributed by atoms with van der Waals surface area (Å²) in [4.78, 5) is 28.9. The fourth-order valence-electron chi connectivity index (χ4n) is 3.00. The zero-order valence-electron chi connectivity index (χ0n) is 15.0. The van der Waals surface area contributed by atoms with Gasteiger partial charge in [-0.3, -0.25) is 9.59 Å². The average molecular weight is 417 g/mol. The number of hydrogen-bond donors (Lipinski definition) is 0. The molecule has 0 unspecified atom stereocenters. The van der Waals surface area contributed by atoms with Crippen LogP contribution in [0.1, 0.15) is 11.1 Å². The van der Waals surface area contributed by atoms with Gasteiger partial charge in [-0.2, -0.15) is 5.26 Å². The van der Waals surface area contributed by atoms with Crippen molar-refractivity contribution in [2.45, 2.75) is 4.90 Å². The van der Waals surface area contributed by atoms with Crippen LogP contribution in [0.3, 0.4) is 0 Å². The average Bonchev–Trinajstić information content (AvgIpc) is 3.00. The third-order valence-corrected chi connectivity index (χ3v) is 5.73. The third-order valence-electron chi connectivity index (χ3n) is 4.39. The van der Waals surface area contributed by atoms with Crippen LogP contribution in [0.25, 0.3) is 5.57 Å². The van der Waals surface area contributed by atoms with Crippen molar-refractivity contribution in [1.29, 1.82) is 5.26 Å². The van der Waals surface area contributed by atoms with Gasteiger partial charge >= 0.3 is 0 Å². The Morgan fingerprint density at radius 1 is 0.828 bits per heavy atom. The zero-order valence-corrected chi connectivity index (χ0v) is 16.6. The molecule has 29 heavy (non-hydrogen) atoms. The lowest BCUT2D eigenvalue weighted by Gasteiger charge is -2.15. The number of benzene rings is 3. The second kappa shape index (κ2) is 7.96. The zero-order chi connectivity index (χ0) is 20.4. The summed E-state index contributed by atoms with van der Waals surface area (Å²) in [7, 11) is 0. The minimum atomic E-state index is -0.390. The van der Waals surface area contributed by atoms with Gasteiger partial charge in [0.2, 0.25) is 0 Å². The molecule has 1 heterocycles. The molecule has 0 N–H and O–H groups in total. The Bertz CT molecular complexity index is 1160. The molecule has 1 aliphatic heterocycles. The Kier molecular flexibility index (Phi) is 5.22. The number of nitrogens with zero attached hydrogens (tertiary/aromatic N) is 2. The molecule has 0 aliphatic carbocycles. The molecule has 6 heteroatoms. The van der Waals surface area contributed by atoms with Gasteiger partial charge in [-0.1, -0.05) is 53.7 Å². The van der Waals surface area contributed by atoms with Crippen molar-refractivity contribution < 1.29 is 9.59 Å². The number of imide groups is 1. The molecule has 1 aliphatic rings. The van der Waals surface area contributed by atoms with Gasteiger partial charge in [-0.05, 0) is 54.1 Å². The molecule has 0 saturated heterocycles. The van der Waals surface area contributed by atoms with Crippen LogP contribution in [0, 0.1) is 11.3 Å². The van der Waals surface area contributed by atoms with Crippen molar-refractivity contribution in [3.63, 3.8) is 0 Å². The van der Waals surface area contributed by atoms with Crippen LogP contribution >= 0.6 is 23.4 Å². The first-order valence-corrected chi connectivity index (χ1v) is 9.90. The fourth-order valence-corrected chi connectivity index (χ4v) is 4.12. The van der Waals surface area contributed by atoms with Crippen molar-refractivity contribution in [2.24, 2.45) is 0 Å². The number of nitriles is 1. The molecular weight excluding hydrogens is 404 g/mol. The van der Waals surface area contributed by atoms with E-state index >= 15 is 0 Å². The summed E-state index contributed by atoms with van der Waals surface area (Å²) in [6.07, 6.45) is 0. The standard InChI is InChI=1S/C23H13ClN2O2S/c24-17-8-12-19(13-9-17)29-21-20(16-4-2-1-3-5-16)22(27)26(23(21)28)18-10-6-15(14-25)7-11-18/h1-13H. The normalized spacial score (nSPS) is 13.7. The van der Waals surface area contributed by atoms with E-state index in [2.05, 4.69) is 0 Å². The molecule has 4 rings (SSSR count). The summed E-state index contributed by atoms with van der Waals surface area (Å²) >= 11 is 7.20. The predicted octanol–water partition coefficient (Wildman–Crippen LogP) is 5.29. The Morgan fingerprint density at radius 3 is 2.10 bits per heavy atom. The highest BCUT2D eigenvalue weighted by Crippen LogP contribution is 2.41. The summed E-state index contributed by atoms with van der Waals surface area (Å²) in [5, 5.41) is 9.59. The number of carbonyl (C=O) groups excluding carboxylic acids is 2. The van der Waals surface area contributed by atoms with Crippen LogP contribution in [-0.4, -0.2) is 11.8 Å². The van der Waals surface area contributed by atoms with Crippen LogP contribution in [0.2, 0.25) is 5.02 Å². The first-order chi connectivity index (χ1) is 14.1. The van der Waals surface area contributed by atoms with Crippen LogP contribution in [0.15, 0.2) is 88.7 Å². The van der Waals surface area contributed by atoms with E-state index in [1.54, 1.807) is 36.4 Å². The van der Waals surface area contributed by atoms with Gasteiger partial charge < -0.3 is 0 Å². The van der Waals surface area contributed by atoms with Crippen LogP contribution in [0.4, 0.5) is 5.69 Å². The molecule has 0 fully saturated rings. The van der Waals surface area contributed by atoms with Gasteiger partial charge in [0, 0.05) is 9.92 Å². The van der Waals surface area contributed by atoms with E-state index in [9.17, 15) is 9.59 Å². The van der Waals surface area contributed by atoms with Crippen LogP contribution in [0.5, 0.6) is 0 Å². The first kappa shape index (κ1) is 19.0. The van der Waals surface area contributed by atoms with Gasteiger partial charge in [0.15, 0.2) is 0 Å². The lowest BCUT2D eigenvalue weighted by molar-refractivity contribution is -0.119. The lowest BCUT2D eigenvalue weighted by Crippen LogP contribution is -2.31. The monoisotopic (exact) mass is 416 g/mol. The largest absolute Gasteiger partial charge is 0.272 e. The SMILES string of the molecule is N#Cc1ccc(N2C(=O)C(Sc3ccc(Cl)cc3)=C(c3ccccc3)C2=O)cc1. The molecule has 140 valence electrons. The van der Waals surface area contributed by atoms with Gasteiger partial charge in [-0.15, -0.1) is 0 Å². The summed E-state index contributed by atoms with van der Waals surface area (Å²) in [6, 6.07) is 24.7. The van der Waals surface area contributed by atoms with Gasteiger partial charge in [0.1, 0.15) is 0 Å². The molecule has 2 amide bonds. The molecule has 0 bridgehead atoms. The number of amides is 2. The number of thioether (sulfide) groups is 1. The number of carbonyl (C=O) groups is 2.